The van der Waals surface area contributed by atoms with Gasteiger partial charge in [0.15, 0.2) is 0 Å². The molecule has 1 unspecified atom stereocenters. The van der Waals surface area contributed by atoms with Crippen molar-refractivity contribution in [2.45, 2.75) is 120 Å². The van der Waals surface area contributed by atoms with Crippen LogP contribution in [0.3, 0.4) is 0 Å². The summed E-state index contributed by atoms with van der Waals surface area (Å²) in [6.45, 7) is 33.3. The largest absolute Gasteiger partial charge is 0.388 e. The maximum Gasteiger partial charge on any atom is 0.280 e. The first-order chi connectivity index (χ1) is 25.1. The smallest absolute Gasteiger partial charge is 0.280 e. The van der Waals surface area contributed by atoms with Crippen molar-refractivity contribution in [1.82, 2.24) is 25.6 Å². The number of hydrogen-bond acceptors (Lipinski definition) is 9. The highest BCUT2D eigenvalue weighted by molar-refractivity contribution is 5.87. The molecule has 2 fully saturated rings. The Hall–Kier alpha value is -2.64. The van der Waals surface area contributed by atoms with Crippen LogP contribution >= 0.6 is 0 Å². The zero-order chi connectivity index (χ0) is 39.8. The first kappa shape index (κ1) is 49.4. The highest BCUT2D eigenvalue weighted by Crippen LogP contribution is 2.37. The Labute approximate surface area is 316 Å². The molecule has 0 radical (unpaired) electrons. The summed E-state index contributed by atoms with van der Waals surface area (Å²) in [4.78, 5) is 25.2. The number of carbonyl (C=O) groups excluding carboxylic acids is 1. The van der Waals surface area contributed by atoms with Crippen molar-refractivity contribution < 1.29 is 23.0 Å². The van der Waals surface area contributed by atoms with Crippen molar-refractivity contribution >= 4 is 17.4 Å². The van der Waals surface area contributed by atoms with Crippen LogP contribution < -0.4 is 20.7 Å². The topological polar surface area (TPSA) is 85.4 Å². The monoisotopic (exact) mass is 740 g/mol. The van der Waals surface area contributed by atoms with Crippen LogP contribution in [0.5, 0.6) is 0 Å². The van der Waals surface area contributed by atoms with E-state index in [2.05, 4.69) is 69.5 Å². The summed E-state index contributed by atoms with van der Waals surface area (Å²) < 4.78 is 39.6. The SMILES string of the molecule is C=CC(=O)N1CCN(C2CN(c3cc(N(CCC4OCCNNC/C(C)=C/4C)C(C)C)nc(C(F)F)c3CCC)C2)CC1.CC.CC.CC.COC. The van der Waals surface area contributed by atoms with Crippen molar-refractivity contribution in [2.75, 3.05) is 89.5 Å². The van der Waals surface area contributed by atoms with Gasteiger partial charge >= 0.3 is 0 Å². The third-order valence-electron chi connectivity index (χ3n) is 9.08. The van der Waals surface area contributed by atoms with Crippen LogP contribution in [0.2, 0.25) is 0 Å². The van der Waals surface area contributed by atoms with Crippen molar-refractivity contribution in [2.24, 2.45) is 0 Å². The highest BCUT2D eigenvalue weighted by atomic mass is 19.3. The fraction of sp³-hybridized carbons (Fsp3) is 0.750. The second-order valence-electron chi connectivity index (χ2n) is 12.6. The molecule has 0 aromatic carbocycles. The van der Waals surface area contributed by atoms with Gasteiger partial charge in [-0.15, -0.1) is 0 Å². The number of ether oxygens (including phenoxy) is 2. The lowest BCUT2D eigenvalue weighted by Crippen LogP contribution is -2.63. The normalized spacial score (nSPS) is 19.5. The van der Waals surface area contributed by atoms with E-state index in [1.54, 1.807) is 14.2 Å². The molecule has 1 aromatic rings. The Morgan fingerprint density at radius 2 is 1.67 bits per heavy atom. The zero-order valence-corrected chi connectivity index (χ0v) is 35.1. The first-order valence-electron chi connectivity index (χ1n) is 19.7. The molecule has 10 nitrogen and oxygen atoms in total. The van der Waals surface area contributed by atoms with E-state index >= 15 is 0 Å². The van der Waals surface area contributed by atoms with Gasteiger partial charge in [0.25, 0.3) is 6.43 Å². The Morgan fingerprint density at radius 3 is 2.19 bits per heavy atom. The van der Waals surface area contributed by atoms with Gasteiger partial charge in [-0.3, -0.25) is 20.5 Å². The fourth-order valence-electron chi connectivity index (χ4n) is 6.27. The number of anilines is 2. The minimum absolute atomic E-state index is 0.0235. The highest BCUT2D eigenvalue weighted by Gasteiger charge is 2.36. The number of amides is 1. The molecule has 52 heavy (non-hydrogen) atoms. The van der Waals surface area contributed by atoms with E-state index in [0.29, 0.717) is 56.6 Å². The zero-order valence-electron chi connectivity index (χ0n) is 35.1. The van der Waals surface area contributed by atoms with Crippen LogP contribution in [-0.4, -0.2) is 119 Å². The van der Waals surface area contributed by atoms with Crippen molar-refractivity contribution in [3.05, 3.63) is 41.1 Å². The molecule has 2 N–H and O–H groups in total. The molecule has 2 saturated heterocycles. The van der Waals surface area contributed by atoms with E-state index in [1.807, 2.05) is 59.4 Å². The minimum Gasteiger partial charge on any atom is -0.388 e. The summed E-state index contributed by atoms with van der Waals surface area (Å²) in [7, 11) is 3.25. The molecule has 1 aromatic heterocycles. The second-order valence-corrected chi connectivity index (χ2v) is 12.6. The average Bonchev–Trinajstić information content (AvgIpc) is 3.21. The van der Waals surface area contributed by atoms with E-state index in [-0.39, 0.29) is 23.7 Å². The van der Waals surface area contributed by atoms with Gasteiger partial charge in [-0.05, 0) is 52.2 Å². The first-order valence-corrected chi connectivity index (χ1v) is 19.7. The summed E-state index contributed by atoms with van der Waals surface area (Å²) >= 11 is 0. The van der Waals surface area contributed by atoms with Gasteiger partial charge in [0.05, 0.1) is 12.7 Å². The molecule has 0 aliphatic carbocycles. The van der Waals surface area contributed by atoms with Crippen LogP contribution in [0.4, 0.5) is 20.3 Å². The number of halogens is 2. The lowest BCUT2D eigenvalue weighted by atomic mass is 9.99. The van der Waals surface area contributed by atoms with Gasteiger partial charge in [0.2, 0.25) is 5.91 Å². The molecule has 0 bridgehead atoms. The van der Waals surface area contributed by atoms with Gasteiger partial charge in [-0.1, -0.05) is 67.0 Å². The number of carbonyl (C=O) groups is 1. The number of methoxy groups -OCH3 is 1. The van der Waals surface area contributed by atoms with E-state index in [1.165, 1.54) is 17.2 Å². The molecule has 1 atom stereocenters. The Kier molecular flexibility index (Phi) is 26.5. The van der Waals surface area contributed by atoms with Gasteiger partial charge < -0.3 is 24.2 Å². The molecule has 302 valence electrons. The van der Waals surface area contributed by atoms with Crippen molar-refractivity contribution in [3.8, 4) is 0 Å². The van der Waals surface area contributed by atoms with Gasteiger partial charge in [0.1, 0.15) is 11.5 Å². The van der Waals surface area contributed by atoms with Gasteiger partial charge in [-0.25, -0.2) is 13.8 Å². The number of hydrazine groups is 1. The number of pyridine rings is 1. The van der Waals surface area contributed by atoms with Crippen molar-refractivity contribution in [3.63, 3.8) is 0 Å². The average molecular weight is 740 g/mol. The molecule has 3 aliphatic heterocycles. The number of nitrogens with one attached hydrogen (secondary N) is 2. The van der Waals surface area contributed by atoms with Crippen LogP contribution in [0.1, 0.15) is 107 Å². The van der Waals surface area contributed by atoms with E-state index in [9.17, 15) is 13.6 Å². The predicted octanol–water partition coefficient (Wildman–Crippen LogP) is 7.27. The Morgan fingerprint density at radius 1 is 1.08 bits per heavy atom. The quantitative estimate of drug-likeness (QED) is 0.180. The number of piperazine rings is 1. The van der Waals surface area contributed by atoms with Crippen LogP contribution in [0, 0.1) is 0 Å². The van der Waals surface area contributed by atoms with E-state index < -0.39 is 6.43 Å². The molecule has 4 heterocycles. The summed E-state index contributed by atoms with van der Waals surface area (Å²) in [5, 5.41) is 0. The van der Waals surface area contributed by atoms with Gasteiger partial charge in [-0.2, -0.15) is 0 Å². The molecule has 4 rings (SSSR count). The van der Waals surface area contributed by atoms with Crippen LogP contribution in [0.15, 0.2) is 29.9 Å². The molecule has 1 amide bonds. The lowest BCUT2D eigenvalue weighted by Gasteiger charge is -2.49. The van der Waals surface area contributed by atoms with Crippen LogP contribution in [0.25, 0.3) is 0 Å². The molecule has 12 heteroatoms. The number of rotatable bonds is 11. The molecule has 3 aliphatic rings. The molecular formula is C40H75F2N7O3. The fourth-order valence-corrected chi connectivity index (χ4v) is 6.27. The summed E-state index contributed by atoms with van der Waals surface area (Å²) in [6, 6.07) is 2.46. The standard InChI is InChI=1S/C32H51F2N7O2.C2H6O.3C2H6/c1-7-9-26-27(40-20-25(21-40)38-13-15-39(16-14-38)30(42)8-2)18-29(37-31(26)32(33)34)41(22(3)4)12-10-28-24(6)23(5)19-36-35-11-17-43-28;1-3-2;3*1-2/h8,18,22,25,28,32,35-36H,2,7,9-17,19-21H2,1,3-6H3;1-2H3;3*1-2H3/b24-23+;;;;. The summed E-state index contributed by atoms with van der Waals surface area (Å²) in [5.41, 5.74) is 10.3. The maximum absolute atomic E-state index is 14.6. The van der Waals surface area contributed by atoms with E-state index in [0.717, 1.165) is 51.3 Å². The molecular weight excluding hydrogens is 664 g/mol. The van der Waals surface area contributed by atoms with Crippen molar-refractivity contribution in [1.29, 1.82) is 0 Å². The van der Waals surface area contributed by atoms with Crippen LogP contribution in [-0.2, 0) is 20.7 Å². The molecule has 0 spiro atoms. The third-order valence-corrected chi connectivity index (χ3v) is 9.08. The number of alkyl halides is 2. The predicted molar refractivity (Wildman–Crippen MR) is 216 cm³/mol. The molecule has 0 saturated carbocycles. The minimum atomic E-state index is -2.65. The maximum atomic E-state index is 14.6. The number of aromatic nitrogens is 1. The second kappa shape index (κ2) is 27.9. The summed E-state index contributed by atoms with van der Waals surface area (Å²) in [6.07, 6.45) is 0.756. The van der Waals surface area contributed by atoms with Gasteiger partial charge in [0, 0.05) is 103 Å². The third kappa shape index (κ3) is 15.0. The number of hydrogen-bond donors (Lipinski definition) is 2. The number of nitrogens with zero attached hydrogens (tertiary/aromatic N) is 5. The Bertz CT molecular complexity index is 1150. The Balaban J connectivity index is 0.00000266. The summed E-state index contributed by atoms with van der Waals surface area (Å²) in [5.74, 6) is 0.578. The van der Waals surface area contributed by atoms with E-state index in [4.69, 9.17) is 4.74 Å². The lowest BCUT2D eigenvalue weighted by molar-refractivity contribution is -0.128.